The Morgan fingerprint density at radius 1 is 1.27 bits per heavy atom. The van der Waals surface area contributed by atoms with E-state index in [1.54, 1.807) is 0 Å². The Bertz CT molecular complexity index is 92.9. The van der Waals surface area contributed by atoms with Gasteiger partial charge in [0.25, 0.3) is 0 Å². The van der Waals surface area contributed by atoms with E-state index in [2.05, 4.69) is 40.2 Å². The summed E-state index contributed by atoms with van der Waals surface area (Å²) in [7, 11) is 0. The summed E-state index contributed by atoms with van der Waals surface area (Å²) in [6.07, 6.45) is 5.58. The van der Waals surface area contributed by atoms with Crippen molar-refractivity contribution >= 4 is 27.2 Å². The van der Waals surface area contributed by atoms with Crippen molar-refractivity contribution in [1.29, 1.82) is 5.26 Å². The first-order valence-corrected chi connectivity index (χ1v) is 17.7. The van der Waals surface area contributed by atoms with E-state index in [0.717, 1.165) is 12.8 Å². The molecule has 4 heteroatoms. The first-order chi connectivity index (χ1) is 5.33. The third kappa shape index (κ3) is 24.7. The average molecular weight is 336 g/mol. The molecule has 0 saturated carbocycles. The predicted molar refractivity (Wildman–Crippen MR) is 52.2 cm³/mol. The number of hydrogen-bond acceptors (Lipinski definition) is 1. The Morgan fingerprint density at radius 2 is 1.82 bits per heavy atom. The van der Waals surface area contributed by atoms with Gasteiger partial charge in [-0.25, -0.2) is 0 Å². The fourth-order valence-corrected chi connectivity index (χ4v) is 0.631. The summed E-state index contributed by atoms with van der Waals surface area (Å²) in [6, 6.07) is 2.13. The predicted octanol–water partition coefficient (Wildman–Crippen LogP) is 4.17. The van der Waals surface area contributed by atoms with E-state index >= 15 is 0 Å². The molecule has 0 unspecified atom stereocenters. The van der Waals surface area contributed by atoms with Crippen LogP contribution in [0.5, 0.6) is 0 Å². The van der Waals surface area contributed by atoms with Gasteiger partial charge in [0.1, 0.15) is 0 Å². The van der Waals surface area contributed by atoms with Crippen LogP contribution in [0.3, 0.4) is 0 Å². The number of rotatable bonds is 4. The maximum atomic E-state index is 8.12. The monoisotopic (exact) mass is 333 g/mol. The third-order valence-corrected chi connectivity index (χ3v) is 1.14. The van der Waals surface area contributed by atoms with E-state index in [0.29, 0.717) is 0 Å². The molecule has 0 aromatic rings. The van der Waals surface area contributed by atoms with Crippen molar-refractivity contribution in [1.82, 2.24) is 0 Å². The molecule has 0 aromatic carbocycles. The third-order valence-electron chi connectivity index (χ3n) is 1.14. The van der Waals surface area contributed by atoms with Crippen LogP contribution in [0.2, 0.25) is 0 Å². The number of hydrogen-bond donors (Lipinski definition) is 0. The normalized spacial score (nSPS) is 7.09. The summed E-state index contributed by atoms with van der Waals surface area (Å²) in [6.45, 7) is 2.17. The molecule has 0 aliphatic carbocycles. The summed E-state index contributed by atoms with van der Waals surface area (Å²) in [5.41, 5.74) is 0. The van der Waals surface area contributed by atoms with E-state index in [9.17, 15) is 0 Å². The van der Waals surface area contributed by atoms with Crippen LogP contribution in [0.15, 0.2) is 0 Å². The molecular weight excluding hydrogens is 323 g/mol. The Kier molecular flexibility index (Phi) is 22.9. The van der Waals surface area contributed by atoms with E-state index in [-0.39, 0.29) is 13.2 Å². The van der Waals surface area contributed by atoms with Gasteiger partial charge in [0.2, 0.25) is 0 Å². The Hall–Kier alpha value is 1.07. The number of unbranched alkanes of at least 4 members (excludes halogenated alkanes) is 4. The Labute approximate surface area is 90.2 Å². The molecule has 0 heterocycles. The maximum absolute atomic E-state index is 8.12. The van der Waals surface area contributed by atoms with Crippen molar-refractivity contribution in [3.05, 3.63) is 0 Å². The second-order valence-corrected chi connectivity index (χ2v) is 16.1. The molecule has 0 bridgehead atoms. The molecule has 0 radical (unpaired) electrons. The molecule has 0 atom stereocenters. The summed E-state index contributed by atoms with van der Waals surface area (Å²) in [5, 5.41) is 8.12. The zero-order valence-corrected chi connectivity index (χ0v) is 13.1. The molecule has 1 nitrogen and oxygen atoms in total. The second-order valence-electron chi connectivity index (χ2n) is 2.07. The molecule has 0 spiro atoms. The van der Waals surface area contributed by atoms with Gasteiger partial charge >= 0.3 is 40.5 Å². The molecule has 11 heavy (non-hydrogen) atoms. The van der Waals surface area contributed by atoms with Crippen LogP contribution in [0.25, 0.3) is 0 Å². The van der Waals surface area contributed by atoms with Crippen molar-refractivity contribution < 1.29 is 13.2 Å². The number of nitrogens with zero attached hydrogens (tertiary/aromatic N) is 1. The van der Waals surface area contributed by atoms with Gasteiger partial charge in [-0.2, -0.15) is 5.26 Å². The topological polar surface area (TPSA) is 23.8 Å². The fraction of sp³-hybridized carbons (Fsp3) is 0.857. The van der Waals surface area contributed by atoms with Gasteiger partial charge in [0.15, 0.2) is 0 Å². The van der Waals surface area contributed by atoms with Crippen molar-refractivity contribution in [2.45, 2.75) is 39.0 Å². The van der Waals surface area contributed by atoms with Crippen LogP contribution in [0, 0.1) is 11.3 Å². The molecule has 0 N–H and O–H groups in total. The molecule has 0 fully saturated rings. The molecule has 0 rings (SSSR count). The molecule has 0 aromatic heterocycles. The first-order valence-electron chi connectivity index (χ1n) is 3.82. The van der Waals surface area contributed by atoms with E-state index in [1.807, 2.05) is 0 Å². The van der Waals surface area contributed by atoms with Crippen molar-refractivity contribution in [2.75, 3.05) is 0 Å². The van der Waals surface area contributed by atoms with E-state index in [1.165, 1.54) is 19.3 Å². The van der Waals surface area contributed by atoms with Crippen LogP contribution in [0.1, 0.15) is 39.0 Å². The van der Waals surface area contributed by atoms with Gasteiger partial charge in [0, 0.05) is 6.42 Å². The van der Waals surface area contributed by atoms with Crippen LogP contribution in [-0.2, 0) is 13.2 Å². The quantitative estimate of drug-likeness (QED) is 0.558. The first kappa shape index (κ1) is 14.6. The second kappa shape index (κ2) is 17.2. The summed E-state index contributed by atoms with van der Waals surface area (Å²) in [4.78, 5) is 0. The van der Waals surface area contributed by atoms with Gasteiger partial charge in [0.05, 0.1) is 6.07 Å². The SMILES string of the molecule is CCCCCCC#N.[Br][Zn][Br]. The number of halogens is 2. The van der Waals surface area contributed by atoms with Crippen molar-refractivity contribution in [2.24, 2.45) is 0 Å². The minimum absolute atomic E-state index is 0.250. The Morgan fingerprint density at radius 3 is 2.18 bits per heavy atom. The van der Waals surface area contributed by atoms with Crippen LogP contribution in [-0.4, -0.2) is 0 Å². The van der Waals surface area contributed by atoms with Crippen molar-refractivity contribution in [3.63, 3.8) is 0 Å². The standard InChI is InChI=1S/C7H13N.2BrH.Zn/c1-2-3-4-5-6-7-8;;;/h2-6H2,1H3;2*1H;/q;;;+2/p-2. The van der Waals surface area contributed by atoms with Gasteiger partial charge in [-0.1, -0.05) is 26.2 Å². The van der Waals surface area contributed by atoms with Gasteiger partial charge in [-0.3, -0.25) is 0 Å². The molecule has 0 aliphatic heterocycles. The van der Waals surface area contributed by atoms with Gasteiger partial charge in [-0.05, 0) is 6.42 Å². The van der Waals surface area contributed by atoms with Crippen LogP contribution >= 0.6 is 27.2 Å². The molecule has 0 aliphatic rings. The number of nitriles is 1. The zero-order valence-electron chi connectivity index (χ0n) is 6.95. The minimum atomic E-state index is -0.250. The fourth-order valence-electron chi connectivity index (χ4n) is 0.631. The van der Waals surface area contributed by atoms with E-state index < -0.39 is 0 Å². The summed E-state index contributed by atoms with van der Waals surface area (Å²) >= 11 is 6.25. The van der Waals surface area contributed by atoms with Gasteiger partial charge in [-0.15, -0.1) is 0 Å². The average Bonchev–Trinajstić information content (AvgIpc) is 2.00. The van der Waals surface area contributed by atoms with Crippen molar-refractivity contribution in [3.8, 4) is 6.07 Å². The molecule has 0 saturated heterocycles. The molecule has 62 valence electrons. The molecule has 0 amide bonds. The van der Waals surface area contributed by atoms with Crippen LogP contribution < -0.4 is 0 Å². The zero-order chi connectivity index (χ0) is 8.95. The van der Waals surface area contributed by atoms with E-state index in [4.69, 9.17) is 5.26 Å². The Balaban J connectivity index is 0. The van der Waals surface area contributed by atoms with Crippen LogP contribution in [0.4, 0.5) is 0 Å². The summed E-state index contributed by atoms with van der Waals surface area (Å²) in [5.74, 6) is 0. The van der Waals surface area contributed by atoms with Gasteiger partial charge < -0.3 is 0 Å². The summed E-state index contributed by atoms with van der Waals surface area (Å²) < 4.78 is 0. The molecular formula is C7H13Br2NZn.